The normalized spacial score (nSPS) is 10.7. The van der Waals surface area contributed by atoms with E-state index in [4.69, 9.17) is 32.7 Å². The molecule has 0 aliphatic rings. The molecule has 29 heavy (non-hydrogen) atoms. The summed E-state index contributed by atoms with van der Waals surface area (Å²) in [6.45, 7) is 5.20. The third-order valence-electron chi connectivity index (χ3n) is 4.68. The van der Waals surface area contributed by atoms with E-state index in [1.54, 1.807) is 19.2 Å². The number of halogens is 3. The third-order valence-corrected chi connectivity index (χ3v) is 5.86. The van der Waals surface area contributed by atoms with Gasteiger partial charge in [0.05, 0.1) is 11.6 Å². The van der Waals surface area contributed by atoms with Crippen LogP contribution in [0.3, 0.4) is 0 Å². The van der Waals surface area contributed by atoms with Crippen LogP contribution in [0.4, 0.5) is 5.69 Å². The maximum absolute atomic E-state index is 6.24. The second-order valence-corrected chi connectivity index (χ2v) is 8.48. The van der Waals surface area contributed by atoms with Crippen LogP contribution in [0.2, 0.25) is 10.0 Å². The van der Waals surface area contributed by atoms with Gasteiger partial charge in [-0.2, -0.15) is 0 Å². The molecule has 3 aromatic rings. The van der Waals surface area contributed by atoms with Gasteiger partial charge in [-0.05, 0) is 82.9 Å². The highest BCUT2D eigenvalue weighted by Crippen LogP contribution is 2.38. The first-order valence-electron chi connectivity index (χ1n) is 9.11. The topological polar surface area (TPSA) is 30.5 Å². The molecule has 0 bridgehead atoms. The van der Waals surface area contributed by atoms with Gasteiger partial charge in [-0.3, -0.25) is 0 Å². The molecule has 0 aliphatic heterocycles. The summed E-state index contributed by atoms with van der Waals surface area (Å²) in [4.78, 5) is 0. The molecule has 0 atom stereocenters. The molecule has 0 saturated carbocycles. The van der Waals surface area contributed by atoms with Crippen molar-refractivity contribution in [2.45, 2.75) is 27.0 Å². The quantitative estimate of drug-likeness (QED) is 0.367. The Labute approximate surface area is 190 Å². The Morgan fingerprint density at radius 1 is 0.966 bits per heavy atom. The lowest BCUT2D eigenvalue weighted by molar-refractivity contribution is 0.282. The molecule has 6 heteroatoms. The van der Waals surface area contributed by atoms with Crippen molar-refractivity contribution >= 4 is 44.8 Å². The lowest BCUT2D eigenvalue weighted by Gasteiger charge is -2.16. The largest absolute Gasteiger partial charge is 0.493 e. The van der Waals surface area contributed by atoms with Gasteiger partial charge >= 0.3 is 0 Å². The summed E-state index contributed by atoms with van der Waals surface area (Å²) in [6, 6.07) is 15.7. The van der Waals surface area contributed by atoms with E-state index in [0.29, 0.717) is 34.7 Å². The highest BCUT2D eigenvalue weighted by atomic mass is 79.9. The number of aryl methyl sites for hydroxylation is 2. The zero-order chi connectivity index (χ0) is 21.0. The van der Waals surface area contributed by atoms with E-state index in [2.05, 4.69) is 53.3 Å². The van der Waals surface area contributed by atoms with Gasteiger partial charge in [-0.1, -0.05) is 35.3 Å². The average Bonchev–Trinajstić information content (AvgIpc) is 2.69. The van der Waals surface area contributed by atoms with Gasteiger partial charge in [0.2, 0.25) is 0 Å². The van der Waals surface area contributed by atoms with Crippen LogP contribution < -0.4 is 14.8 Å². The average molecular weight is 495 g/mol. The van der Waals surface area contributed by atoms with Crippen molar-refractivity contribution in [3.8, 4) is 11.5 Å². The summed E-state index contributed by atoms with van der Waals surface area (Å²) < 4.78 is 12.4. The van der Waals surface area contributed by atoms with Crippen LogP contribution in [-0.4, -0.2) is 7.11 Å². The molecule has 0 fully saturated rings. The molecule has 3 nitrogen and oxygen atoms in total. The Bertz CT molecular complexity index is 1020. The monoisotopic (exact) mass is 493 g/mol. The molecule has 3 aromatic carbocycles. The Morgan fingerprint density at radius 2 is 1.76 bits per heavy atom. The van der Waals surface area contributed by atoms with Crippen molar-refractivity contribution in [1.82, 2.24) is 0 Å². The molecular weight excluding hydrogens is 473 g/mol. The smallest absolute Gasteiger partial charge is 0.175 e. The fourth-order valence-corrected chi connectivity index (χ4v) is 3.93. The van der Waals surface area contributed by atoms with Crippen LogP contribution in [0.5, 0.6) is 11.5 Å². The Kier molecular flexibility index (Phi) is 7.33. The first-order chi connectivity index (χ1) is 13.9. The van der Waals surface area contributed by atoms with E-state index in [0.717, 1.165) is 21.3 Å². The maximum Gasteiger partial charge on any atom is 0.175 e. The van der Waals surface area contributed by atoms with Gasteiger partial charge in [0.1, 0.15) is 6.61 Å². The number of benzene rings is 3. The van der Waals surface area contributed by atoms with Crippen molar-refractivity contribution in [1.29, 1.82) is 0 Å². The first-order valence-corrected chi connectivity index (χ1v) is 10.7. The summed E-state index contributed by atoms with van der Waals surface area (Å²) >= 11 is 15.8. The van der Waals surface area contributed by atoms with Gasteiger partial charge in [0, 0.05) is 27.8 Å². The van der Waals surface area contributed by atoms with Crippen molar-refractivity contribution in [3.05, 3.63) is 85.3 Å². The van der Waals surface area contributed by atoms with E-state index in [9.17, 15) is 0 Å². The summed E-state index contributed by atoms with van der Waals surface area (Å²) in [6.07, 6.45) is 0. The molecule has 1 N–H and O–H groups in total. The van der Waals surface area contributed by atoms with Crippen LogP contribution in [0.15, 0.2) is 53.0 Å². The maximum atomic E-state index is 6.24. The van der Waals surface area contributed by atoms with Crippen LogP contribution in [-0.2, 0) is 13.2 Å². The van der Waals surface area contributed by atoms with Crippen LogP contribution in [0.1, 0.15) is 22.3 Å². The standard InChI is InChI=1S/C23H22BrCl2NO2/c1-14-4-7-19(8-15(14)2)27-12-16-9-20(24)23(22(10-16)28-3)29-13-17-5-6-18(25)11-21(17)26/h4-11,27H,12-13H2,1-3H3. The van der Waals surface area contributed by atoms with Crippen LogP contribution >= 0.6 is 39.1 Å². The van der Waals surface area contributed by atoms with E-state index in [1.165, 1.54) is 11.1 Å². The number of rotatable bonds is 7. The van der Waals surface area contributed by atoms with Gasteiger partial charge in [-0.15, -0.1) is 0 Å². The molecule has 0 heterocycles. The molecule has 0 radical (unpaired) electrons. The van der Waals surface area contributed by atoms with Gasteiger partial charge in [0.15, 0.2) is 11.5 Å². The van der Waals surface area contributed by atoms with Gasteiger partial charge in [-0.25, -0.2) is 0 Å². The lowest BCUT2D eigenvalue weighted by Crippen LogP contribution is -2.03. The second-order valence-electron chi connectivity index (χ2n) is 6.79. The summed E-state index contributed by atoms with van der Waals surface area (Å²) in [5.41, 5.74) is 5.55. The second kappa shape index (κ2) is 9.75. The molecule has 0 amide bonds. The van der Waals surface area contributed by atoms with E-state index < -0.39 is 0 Å². The van der Waals surface area contributed by atoms with Crippen molar-refractivity contribution in [2.24, 2.45) is 0 Å². The Balaban J connectivity index is 1.73. The number of anilines is 1. The zero-order valence-corrected chi connectivity index (χ0v) is 19.6. The van der Waals surface area contributed by atoms with Crippen molar-refractivity contribution < 1.29 is 9.47 Å². The predicted octanol–water partition coefficient (Wildman–Crippen LogP) is 7.57. The van der Waals surface area contributed by atoms with Gasteiger partial charge in [0.25, 0.3) is 0 Å². The molecule has 3 rings (SSSR count). The fraction of sp³-hybridized carbons (Fsp3) is 0.217. The number of hydrogen-bond donors (Lipinski definition) is 1. The molecule has 0 unspecified atom stereocenters. The van der Waals surface area contributed by atoms with Crippen molar-refractivity contribution in [3.63, 3.8) is 0 Å². The van der Waals surface area contributed by atoms with E-state index in [-0.39, 0.29) is 0 Å². The third kappa shape index (κ3) is 5.59. The fourth-order valence-electron chi connectivity index (χ4n) is 2.86. The minimum Gasteiger partial charge on any atom is -0.493 e. The molecule has 0 spiro atoms. The van der Waals surface area contributed by atoms with Gasteiger partial charge < -0.3 is 14.8 Å². The van der Waals surface area contributed by atoms with E-state index >= 15 is 0 Å². The highest BCUT2D eigenvalue weighted by molar-refractivity contribution is 9.10. The predicted molar refractivity (Wildman–Crippen MR) is 125 cm³/mol. The SMILES string of the molecule is COc1cc(CNc2ccc(C)c(C)c2)cc(Br)c1OCc1ccc(Cl)cc1Cl. The number of methoxy groups -OCH3 is 1. The molecule has 0 saturated heterocycles. The minimum absolute atomic E-state index is 0.311. The molecule has 0 aliphatic carbocycles. The molecule has 152 valence electrons. The number of hydrogen-bond acceptors (Lipinski definition) is 3. The van der Waals surface area contributed by atoms with Crippen molar-refractivity contribution in [2.75, 3.05) is 12.4 Å². The zero-order valence-electron chi connectivity index (χ0n) is 16.5. The summed E-state index contributed by atoms with van der Waals surface area (Å²) in [5, 5.41) is 4.62. The van der Waals surface area contributed by atoms with Crippen LogP contribution in [0, 0.1) is 13.8 Å². The Morgan fingerprint density at radius 3 is 2.45 bits per heavy atom. The first kappa shape index (κ1) is 21.8. The van der Waals surface area contributed by atoms with E-state index in [1.807, 2.05) is 18.2 Å². The lowest BCUT2D eigenvalue weighted by atomic mass is 10.1. The molecule has 0 aromatic heterocycles. The van der Waals surface area contributed by atoms with Crippen LogP contribution in [0.25, 0.3) is 0 Å². The highest BCUT2D eigenvalue weighted by Gasteiger charge is 2.13. The summed E-state index contributed by atoms with van der Waals surface area (Å²) in [7, 11) is 1.63. The number of ether oxygens (including phenoxy) is 2. The Hall–Kier alpha value is -1.88. The molecular formula is C23H22BrCl2NO2. The minimum atomic E-state index is 0.311. The number of nitrogens with one attached hydrogen (secondary N) is 1. The summed E-state index contributed by atoms with van der Waals surface area (Å²) in [5.74, 6) is 1.29.